The van der Waals surface area contributed by atoms with Gasteiger partial charge in [0, 0.05) is 19.7 Å². The van der Waals surface area contributed by atoms with Crippen molar-refractivity contribution in [3.05, 3.63) is 77.7 Å². The topological polar surface area (TPSA) is 78.1 Å². The molecule has 0 saturated heterocycles. The summed E-state index contributed by atoms with van der Waals surface area (Å²) in [7, 11) is 3.25. The summed E-state index contributed by atoms with van der Waals surface area (Å²) in [5, 5.41) is 9.39. The van der Waals surface area contributed by atoms with Crippen molar-refractivity contribution in [3.63, 3.8) is 0 Å². The number of hydrogen-bond acceptors (Lipinski definition) is 3. The molecule has 0 spiro atoms. The summed E-state index contributed by atoms with van der Waals surface area (Å²) in [6.07, 6.45) is 1.36. The second-order valence-electron chi connectivity index (χ2n) is 6.22. The smallest absolute Gasteiger partial charge is 0.256 e. The number of halogens is 1. The van der Waals surface area contributed by atoms with Gasteiger partial charge in [-0.3, -0.25) is 14.7 Å². The van der Waals surface area contributed by atoms with Crippen LogP contribution in [0.15, 0.2) is 60.8 Å². The Hall–Kier alpha value is -3.48. The quantitative estimate of drug-likeness (QED) is 0.729. The lowest BCUT2D eigenvalue weighted by Crippen LogP contribution is -2.39. The first kappa shape index (κ1) is 18.3. The van der Waals surface area contributed by atoms with Crippen LogP contribution >= 0.6 is 0 Å². The molecule has 0 bridgehead atoms. The molecule has 27 heavy (non-hydrogen) atoms. The van der Waals surface area contributed by atoms with E-state index in [4.69, 9.17) is 0 Å². The van der Waals surface area contributed by atoms with E-state index in [2.05, 4.69) is 15.5 Å². The predicted octanol–water partition coefficient (Wildman–Crippen LogP) is 2.78. The Morgan fingerprint density at radius 1 is 1.11 bits per heavy atom. The predicted molar refractivity (Wildman–Crippen MR) is 99.3 cm³/mol. The molecule has 0 unspecified atom stereocenters. The second kappa shape index (κ2) is 7.82. The average Bonchev–Trinajstić information content (AvgIpc) is 3.16. The van der Waals surface area contributed by atoms with Gasteiger partial charge in [-0.05, 0) is 17.7 Å². The fraction of sp³-hybridized carbons (Fsp3) is 0.150. The van der Waals surface area contributed by atoms with Crippen LogP contribution in [0.5, 0.6) is 0 Å². The minimum atomic E-state index is -0.844. The van der Waals surface area contributed by atoms with E-state index in [1.807, 2.05) is 6.07 Å². The second-order valence-corrected chi connectivity index (χ2v) is 6.22. The number of rotatable bonds is 5. The number of hydrogen-bond donors (Lipinski definition) is 2. The van der Waals surface area contributed by atoms with Gasteiger partial charge >= 0.3 is 0 Å². The molecule has 0 aliphatic heterocycles. The summed E-state index contributed by atoms with van der Waals surface area (Å²) in [4.78, 5) is 26.9. The van der Waals surface area contributed by atoms with E-state index in [9.17, 15) is 14.0 Å². The Kier molecular flexibility index (Phi) is 5.30. The third-order valence-electron chi connectivity index (χ3n) is 4.09. The number of aromatic nitrogens is 2. The van der Waals surface area contributed by atoms with Crippen LogP contribution in [0.2, 0.25) is 0 Å². The molecular weight excluding hydrogens is 347 g/mol. The fourth-order valence-corrected chi connectivity index (χ4v) is 2.72. The molecule has 2 N–H and O–H groups in total. The van der Waals surface area contributed by atoms with Crippen LogP contribution in [0.4, 0.5) is 4.39 Å². The highest BCUT2D eigenvalue weighted by molar-refractivity contribution is 6.02. The van der Waals surface area contributed by atoms with Gasteiger partial charge in [0.1, 0.15) is 11.9 Å². The molecule has 0 aliphatic rings. The molecule has 0 aliphatic carbocycles. The van der Waals surface area contributed by atoms with Gasteiger partial charge in [0.15, 0.2) is 0 Å². The van der Waals surface area contributed by atoms with Gasteiger partial charge in [-0.1, -0.05) is 42.5 Å². The van der Waals surface area contributed by atoms with E-state index in [-0.39, 0.29) is 11.5 Å². The van der Waals surface area contributed by atoms with Crippen LogP contribution in [-0.4, -0.2) is 41.0 Å². The maximum absolute atomic E-state index is 13.5. The summed E-state index contributed by atoms with van der Waals surface area (Å²) in [5.74, 6) is -1.16. The first-order chi connectivity index (χ1) is 13.0. The monoisotopic (exact) mass is 366 g/mol. The van der Waals surface area contributed by atoms with Crippen molar-refractivity contribution in [2.24, 2.45) is 0 Å². The van der Waals surface area contributed by atoms with Crippen LogP contribution in [-0.2, 0) is 4.79 Å². The van der Waals surface area contributed by atoms with E-state index in [0.717, 1.165) is 0 Å². The molecule has 7 heteroatoms. The Morgan fingerprint density at radius 2 is 1.85 bits per heavy atom. The lowest BCUT2D eigenvalue weighted by atomic mass is 10.0. The fourth-order valence-electron chi connectivity index (χ4n) is 2.72. The van der Waals surface area contributed by atoms with Crippen LogP contribution in [0.25, 0.3) is 11.3 Å². The molecule has 3 aromatic rings. The maximum Gasteiger partial charge on any atom is 0.256 e. The minimum Gasteiger partial charge on any atom is -0.347 e. The molecule has 0 saturated carbocycles. The van der Waals surface area contributed by atoms with Crippen LogP contribution in [0.3, 0.4) is 0 Å². The Morgan fingerprint density at radius 3 is 2.52 bits per heavy atom. The number of carbonyl (C=O) groups is 2. The summed E-state index contributed by atoms with van der Waals surface area (Å²) < 4.78 is 13.5. The molecule has 2 aromatic carbocycles. The van der Waals surface area contributed by atoms with Crippen molar-refractivity contribution >= 4 is 11.8 Å². The van der Waals surface area contributed by atoms with E-state index in [1.54, 1.807) is 50.5 Å². The zero-order valence-electron chi connectivity index (χ0n) is 14.9. The first-order valence-electron chi connectivity index (χ1n) is 8.33. The normalized spacial score (nSPS) is 11.7. The molecule has 1 atom stereocenters. The van der Waals surface area contributed by atoms with Crippen molar-refractivity contribution < 1.29 is 14.0 Å². The summed E-state index contributed by atoms with van der Waals surface area (Å²) in [5.41, 5.74) is 1.78. The standard InChI is InChI=1S/C20H19FN4O2/c1-25(2)20(27)18(13-7-4-3-5-8-13)23-19(26)16-12-22-24-17(16)14-9-6-10-15(21)11-14/h3-12,18H,1-2H3,(H,22,24)(H,23,26)/t18-/m1/s1. The van der Waals surface area contributed by atoms with Gasteiger partial charge in [-0.25, -0.2) is 4.39 Å². The van der Waals surface area contributed by atoms with Gasteiger partial charge < -0.3 is 10.2 Å². The van der Waals surface area contributed by atoms with Gasteiger partial charge in [0.2, 0.25) is 5.91 Å². The molecule has 0 radical (unpaired) electrons. The summed E-state index contributed by atoms with van der Waals surface area (Å²) in [6.45, 7) is 0. The van der Waals surface area contributed by atoms with Crippen molar-refractivity contribution in [3.8, 4) is 11.3 Å². The zero-order chi connectivity index (χ0) is 19.4. The first-order valence-corrected chi connectivity index (χ1v) is 8.33. The Bertz CT molecular complexity index is 953. The number of carbonyl (C=O) groups excluding carboxylic acids is 2. The van der Waals surface area contributed by atoms with Crippen LogP contribution < -0.4 is 5.32 Å². The van der Waals surface area contributed by atoms with Crippen molar-refractivity contribution in [2.75, 3.05) is 14.1 Å². The van der Waals surface area contributed by atoms with Crippen LogP contribution in [0, 0.1) is 5.82 Å². The molecular formula is C20H19FN4O2. The Labute approximate surface area is 156 Å². The van der Waals surface area contributed by atoms with Crippen molar-refractivity contribution in [1.82, 2.24) is 20.4 Å². The molecule has 0 fully saturated rings. The molecule has 1 heterocycles. The van der Waals surface area contributed by atoms with Crippen LogP contribution in [0.1, 0.15) is 22.0 Å². The number of nitrogens with one attached hydrogen (secondary N) is 2. The number of H-pyrrole nitrogens is 1. The largest absolute Gasteiger partial charge is 0.347 e. The maximum atomic E-state index is 13.5. The highest BCUT2D eigenvalue weighted by Crippen LogP contribution is 2.23. The Balaban J connectivity index is 1.92. The lowest BCUT2D eigenvalue weighted by Gasteiger charge is -2.22. The third-order valence-corrected chi connectivity index (χ3v) is 4.09. The molecule has 138 valence electrons. The van der Waals surface area contributed by atoms with E-state index >= 15 is 0 Å². The lowest BCUT2D eigenvalue weighted by molar-refractivity contribution is -0.130. The number of aromatic amines is 1. The minimum absolute atomic E-state index is 0.230. The summed E-state index contributed by atoms with van der Waals surface area (Å²) >= 11 is 0. The highest BCUT2D eigenvalue weighted by atomic mass is 19.1. The number of nitrogens with zero attached hydrogens (tertiary/aromatic N) is 2. The number of benzene rings is 2. The van der Waals surface area contributed by atoms with Gasteiger partial charge in [-0.2, -0.15) is 5.10 Å². The van der Waals surface area contributed by atoms with E-state index < -0.39 is 17.8 Å². The zero-order valence-corrected chi connectivity index (χ0v) is 14.9. The van der Waals surface area contributed by atoms with Gasteiger partial charge in [0.25, 0.3) is 5.91 Å². The SMILES string of the molecule is CN(C)C(=O)[C@H](NC(=O)c1cn[nH]c1-c1cccc(F)c1)c1ccccc1. The van der Waals surface area contributed by atoms with Gasteiger partial charge in [-0.15, -0.1) is 0 Å². The van der Waals surface area contributed by atoms with Crippen molar-refractivity contribution in [1.29, 1.82) is 0 Å². The molecule has 6 nitrogen and oxygen atoms in total. The average molecular weight is 366 g/mol. The van der Waals surface area contributed by atoms with Gasteiger partial charge in [0.05, 0.1) is 17.5 Å². The molecule has 2 amide bonds. The molecule has 1 aromatic heterocycles. The van der Waals surface area contributed by atoms with Crippen molar-refractivity contribution in [2.45, 2.75) is 6.04 Å². The highest BCUT2D eigenvalue weighted by Gasteiger charge is 2.26. The van der Waals surface area contributed by atoms with E-state index in [0.29, 0.717) is 16.8 Å². The number of likely N-dealkylation sites (N-methyl/N-ethyl adjacent to an activating group) is 1. The third kappa shape index (κ3) is 4.03. The number of amides is 2. The summed E-state index contributed by atoms with van der Waals surface area (Å²) in [6, 6.07) is 14.0. The molecule has 3 rings (SSSR count). The van der Waals surface area contributed by atoms with E-state index in [1.165, 1.54) is 23.2 Å².